The molecule has 10 nitrogen and oxygen atoms in total. The average Bonchev–Trinajstić information content (AvgIpc) is 3.03. The molecule has 13 heteroatoms. The Labute approximate surface area is 258 Å². The number of hydrogen-bond donors (Lipinski definition) is 3. The summed E-state index contributed by atoms with van der Waals surface area (Å²) in [7, 11) is 3.65. The number of aromatic nitrogens is 3. The largest absolute Gasteiger partial charge is 0.438 e. The lowest BCUT2D eigenvalue weighted by Gasteiger charge is -2.33. The molecule has 1 aliphatic rings. The molecule has 0 atom stereocenters. The summed E-state index contributed by atoms with van der Waals surface area (Å²) in [4.78, 5) is 30.3. The number of anilines is 2. The Kier molecular flexibility index (Phi) is 9.40. The minimum absolute atomic E-state index is 0.105. The average molecular weight is 619 g/mol. The van der Waals surface area contributed by atoms with Crippen molar-refractivity contribution < 1.29 is 22.7 Å². The van der Waals surface area contributed by atoms with Crippen molar-refractivity contribution in [2.45, 2.75) is 19.6 Å². The van der Waals surface area contributed by atoms with Crippen molar-refractivity contribution in [3.8, 4) is 23.0 Å². The van der Waals surface area contributed by atoms with Gasteiger partial charge in [0.2, 0.25) is 5.88 Å². The summed E-state index contributed by atoms with van der Waals surface area (Å²) < 4.78 is 48.4. The summed E-state index contributed by atoms with van der Waals surface area (Å²) in [5, 5.41) is 13.6. The van der Waals surface area contributed by atoms with E-state index in [2.05, 4.69) is 30.5 Å². The second kappa shape index (κ2) is 13.4. The number of ether oxygens (including phenoxy) is 1. The SMILES string of the molecule is CNc1nc(-c2ccncc2)nc(Oc2cc(NC(=O)c3ccc(CN4CCN(C)CC4)c(C(F)(F)F)c3)ccc2C)c1C=N. The van der Waals surface area contributed by atoms with Crippen LogP contribution in [0.15, 0.2) is 60.9 Å². The van der Waals surface area contributed by atoms with E-state index in [4.69, 9.17) is 10.1 Å². The lowest BCUT2D eigenvalue weighted by Crippen LogP contribution is -2.44. The zero-order valence-electron chi connectivity index (χ0n) is 25.1. The number of amides is 1. The quantitative estimate of drug-likeness (QED) is 0.205. The number of pyridine rings is 1. The minimum atomic E-state index is -4.62. The van der Waals surface area contributed by atoms with Crippen molar-refractivity contribution in [1.82, 2.24) is 24.8 Å². The maximum absolute atomic E-state index is 14.1. The van der Waals surface area contributed by atoms with Crippen molar-refractivity contribution in [2.75, 3.05) is 50.9 Å². The zero-order valence-corrected chi connectivity index (χ0v) is 25.1. The zero-order chi connectivity index (χ0) is 32.1. The minimum Gasteiger partial charge on any atom is -0.438 e. The molecule has 2 aromatic carbocycles. The van der Waals surface area contributed by atoms with Gasteiger partial charge in [-0.05, 0) is 55.4 Å². The third-order valence-electron chi connectivity index (χ3n) is 7.55. The summed E-state index contributed by atoms with van der Waals surface area (Å²) >= 11 is 0. The Morgan fingerprint density at radius 3 is 2.44 bits per heavy atom. The van der Waals surface area contributed by atoms with Crippen LogP contribution in [0.4, 0.5) is 24.7 Å². The molecule has 0 unspecified atom stereocenters. The number of carbonyl (C=O) groups excluding carboxylic acids is 1. The number of hydrogen-bond acceptors (Lipinski definition) is 9. The molecule has 0 bridgehead atoms. The van der Waals surface area contributed by atoms with Gasteiger partial charge in [-0.1, -0.05) is 12.1 Å². The maximum atomic E-state index is 14.1. The predicted molar refractivity (Wildman–Crippen MR) is 166 cm³/mol. The van der Waals surface area contributed by atoms with Gasteiger partial charge in [0, 0.05) is 81.3 Å². The number of alkyl halides is 3. The Morgan fingerprint density at radius 2 is 1.78 bits per heavy atom. The van der Waals surface area contributed by atoms with E-state index >= 15 is 0 Å². The van der Waals surface area contributed by atoms with E-state index in [1.54, 1.807) is 56.7 Å². The van der Waals surface area contributed by atoms with Gasteiger partial charge in [0.25, 0.3) is 5.91 Å². The van der Waals surface area contributed by atoms with Gasteiger partial charge in [-0.15, -0.1) is 0 Å². The molecule has 3 heterocycles. The van der Waals surface area contributed by atoms with Crippen LogP contribution in [0.3, 0.4) is 0 Å². The molecule has 0 aliphatic carbocycles. The number of carbonyl (C=O) groups is 1. The Hall–Kier alpha value is -4.88. The van der Waals surface area contributed by atoms with E-state index in [1.807, 2.05) is 11.9 Å². The fourth-order valence-corrected chi connectivity index (χ4v) is 4.94. The Bertz CT molecular complexity index is 1690. The van der Waals surface area contributed by atoms with Crippen LogP contribution in [0, 0.1) is 12.3 Å². The third-order valence-corrected chi connectivity index (χ3v) is 7.55. The topological polar surface area (TPSA) is 119 Å². The monoisotopic (exact) mass is 618 g/mol. The number of halogens is 3. The standard InChI is InChI=1S/C32H33F3N8O2/c1-20-4-7-24(17-27(20)45-31-25(18-36)29(37-2)40-28(41-31)21-8-10-38-11-9-21)39-30(44)22-5-6-23(26(16-22)32(33,34)35)19-43-14-12-42(3)13-15-43/h4-11,16-18,36H,12-15,19H2,1-3H3,(H,39,44)(H,37,40,41). The van der Waals surface area contributed by atoms with Gasteiger partial charge in [0.1, 0.15) is 11.6 Å². The van der Waals surface area contributed by atoms with E-state index in [1.165, 1.54) is 12.1 Å². The highest BCUT2D eigenvalue weighted by molar-refractivity contribution is 6.04. The van der Waals surface area contributed by atoms with Gasteiger partial charge in [-0.3, -0.25) is 14.7 Å². The molecule has 1 saturated heterocycles. The van der Waals surface area contributed by atoms with Crippen LogP contribution >= 0.6 is 0 Å². The summed E-state index contributed by atoms with van der Waals surface area (Å²) in [6.45, 7) is 4.86. The molecule has 4 aromatic rings. The highest BCUT2D eigenvalue weighted by atomic mass is 19.4. The summed E-state index contributed by atoms with van der Waals surface area (Å²) in [5.41, 5.74) is 1.20. The van der Waals surface area contributed by atoms with Crippen molar-refractivity contribution >= 4 is 23.6 Å². The summed E-state index contributed by atoms with van der Waals surface area (Å²) in [6.07, 6.45) is -0.325. The molecule has 1 fully saturated rings. The van der Waals surface area contributed by atoms with Gasteiger partial charge < -0.3 is 25.7 Å². The van der Waals surface area contributed by atoms with Crippen LogP contribution in [-0.2, 0) is 12.7 Å². The molecule has 3 N–H and O–H groups in total. The van der Waals surface area contributed by atoms with Crippen LogP contribution in [-0.4, -0.2) is 77.1 Å². The molecule has 0 saturated carbocycles. The molecule has 45 heavy (non-hydrogen) atoms. The maximum Gasteiger partial charge on any atom is 0.416 e. The smallest absolute Gasteiger partial charge is 0.416 e. The number of aryl methyl sites for hydroxylation is 1. The number of rotatable bonds is 9. The van der Waals surface area contributed by atoms with Gasteiger partial charge in [-0.25, -0.2) is 4.98 Å². The molecule has 1 aliphatic heterocycles. The lowest BCUT2D eigenvalue weighted by atomic mass is 10.0. The van der Waals surface area contributed by atoms with Gasteiger partial charge in [0.15, 0.2) is 5.82 Å². The number of benzene rings is 2. The first-order chi connectivity index (χ1) is 21.5. The van der Waals surface area contributed by atoms with Crippen molar-refractivity contribution in [3.63, 3.8) is 0 Å². The van der Waals surface area contributed by atoms with Crippen LogP contribution in [0.25, 0.3) is 11.4 Å². The van der Waals surface area contributed by atoms with E-state index in [9.17, 15) is 18.0 Å². The highest BCUT2D eigenvalue weighted by Crippen LogP contribution is 2.35. The summed E-state index contributed by atoms with van der Waals surface area (Å²) in [6, 6.07) is 12.1. The lowest BCUT2D eigenvalue weighted by molar-refractivity contribution is -0.138. The first kappa shape index (κ1) is 31.5. The highest BCUT2D eigenvalue weighted by Gasteiger charge is 2.34. The molecule has 1 amide bonds. The van der Waals surface area contributed by atoms with Crippen molar-refractivity contribution in [3.05, 3.63) is 88.7 Å². The van der Waals surface area contributed by atoms with Gasteiger partial charge >= 0.3 is 6.18 Å². The third kappa shape index (κ3) is 7.44. The van der Waals surface area contributed by atoms with Crippen LogP contribution in [0.5, 0.6) is 11.6 Å². The van der Waals surface area contributed by atoms with Crippen molar-refractivity contribution in [2.24, 2.45) is 0 Å². The van der Waals surface area contributed by atoms with Gasteiger partial charge in [0.05, 0.1) is 11.1 Å². The molecule has 0 radical (unpaired) electrons. The second-order valence-corrected chi connectivity index (χ2v) is 10.7. The number of nitrogens with one attached hydrogen (secondary N) is 3. The second-order valence-electron chi connectivity index (χ2n) is 10.7. The Morgan fingerprint density at radius 1 is 1.04 bits per heavy atom. The molecule has 5 rings (SSSR count). The molecular formula is C32H33F3N8O2. The van der Waals surface area contributed by atoms with E-state index in [0.717, 1.165) is 25.4 Å². The van der Waals surface area contributed by atoms with Crippen LogP contribution in [0.1, 0.15) is 32.6 Å². The molecular weight excluding hydrogens is 585 g/mol. The molecule has 234 valence electrons. The fraction of sp³-hybridized carbons (Fsp3) is 0.281. The first-order valence-electron chi connectivity index (χ1n) is 14.3. The molecule has 0 spiro atoms. The van der Waals surface area contributed by atoms with E-state index < -0.39 is 17.6 Å². The molecule has 2 aromatic heterocycles. The van der Waals surface area contributed by atoms with Crippen LogP contribution < -0.4 is 15.4 Å². The summed E-state index contributed by atoms with van der Waals surface area (Å²) in [5.74, 6) is 0.465. The Balaban J connectivity index is 1.39. The van der Waals surface area contributed by atoms with Crippen LogP contribution in [0.2, 0.25) is 0 Å². The van der Waals surface area contributed by atoms with E-state index in [-0.39, 0.29) is 23.6 Å². The van der Waals surface area contributed by atoms with Crippen molar-refractivity contribution in [1.29, 1.82) is 5.41 Å². The number of piperazine rings is 1. The fourth-order valence-electron chi connectivity index (χ4n) is 4.94. The normalized spacial score (nSPS) is 14.2. The van der Waals surface area contributed by atoms with E-state index in [0.29, 0.717) is 52.9 Å². The number of likely N-dealkylation sites (N-methyl/N-ethyl adjacent to an activating group) is 1. The first-order valence-corrected chi connectivity index (χ1v) is 14.3. The van der Waals surface area contributed by atoms with Gasteiger partial charge in [-0.2, -0.15) is 18.2 Å². The number of nitrogens with zero attached hydrogens (tertiary/aromatic N) is 5. The predicted octanol–water partition coefficient (Wildman–Crippen LogP) is 5.70.